The first-order valence-corrected chi connectivity index (χ1v) is 12.5. The molecule has 0 radical (unpaired) electrons. The fourth-order valence-corrected chi connectivity index (χ4v) is 6.82. The van der Waals surface area contributed by atoms with Crippen LogP contribution < -0.4 is 0 Å². The number of piperidine rings is 1. The van der Waals surface area contributed by atoms with E-state index in [1.165, 1.54) is 0 Å². The number of nitro benzene ring substituents is 1. The maximum Gasteiger partial charge on any atom is 0.269 e. The normalized spacial score (nSPS) is 24.5. The highest BCUT2D eigenvalue weighted by Crippen LogP contribution is 2.49. The summed E-state index contributed by atoms with van der Waals surface area (Å²) < 4.78 is 28.8. The standard InChI is InChI=1S/C25H22N4O6S/c1-17-22(16-26)27(36(34,35)21-14-12-20(13-15-21)28(30)31)24(19-10-6-3-7-11-19)25(29(32)33)23(17)18-8-4-2-5-9-18/h2-15,17,22-25H,1H3/t17-,22+,23-,24+,25-/m0/s1. The van der Waals surface area contributed by atoms with Crippen molar-refractivity contribution in [3.63, 3.8) is 0 Å². The minimum atomic E-state index is -4.48. The maximum atomic E-state index is 14.0. The van der Waals surface area contributed by atoms with Gasteiger partial charge in [-0.25, -0.2) is 8.42 Å². The van der Waals surface area contributed by atoms with Gasteiger partial charge >= 0.3 is 0 Å². The maximum absolute atomic E-state index is 14.0. The molecule has 0 aromatic heterocycles. The summed E-state index contributed by atoms with van der Waals surface area (Å²) in [6, 6.07) is 19.4. The Bertz CT molecular complexity index is 1410. The number of nitriles is 1. The van der Waals surface area contributed by atoms with E-state index in [0.29, 0.717) is 11.1 Å². The number of hydrogen-bond donors (Lipinski definition) is 0. The summed E-state index contributed by atoms with van der Waals surface area (Å²) in [5.74, 6) is -1.49. The summed E-state index contributed by atoms with van der Waals surface area (Å²) in [6.07, 6.45) is 0. The zero-order valence-electron chi connectivity index (χ0n) is 19.1. The van der Waals surface area contributed by atoms with Gasteiger partial charge in [0.25, 0.3) is 5.69 Å². The average Bonchev–Trinajstić information content (AvgIpc) is 2.88. The van der Waals surface area contributed by atoms with Gasteiger partial charge in [0, 0.05) is 17.1 Å². The Hall–Kier alpha value is -4.14. The van der Waals surface area contributed by atoms with Crippen LogP contribution in [0.25, 0.3) is 0 Å². The third-order valence-corrected chi connectivity index (χ3v) is 8.51. The molecular weight excluding hydrogens is 484 g/mol. The fourth-order valence-electron chi connectivity index (χ4n) is 5.01. The number of nitro groups is 2. The van der Waals surface area contributed by atoms with Gasteiger partial charge in [0.05, 0.1) is 21.8 Å². The lowest BCUT2D eigenvalue weighted by atomic mass is 9.71. The van der Waals surface area contributed by atoms with E-state index in [2.05, 4.69) is 6.07 Å². The first-order valence-electron chi connectivity index (χ1n) is 11.1. The minimum Gasteiger partial charge on any atom is -0.264 e. The lowest BCUT2D eigenvalue weighted by Crippen LogP contribution is -2.59. The summed E-state index contributed by atoms with van der Waals surface area (Å²) in [6.45, 7) is 1.64. The smallest absolute Gasteiger partial charge is 0.264 e. The monoisotopic (exact) mass is 506 g/mol. The van der Waals surface area contributed by atoms with Crippen LogP contribution in [-0.2, 0) is 10.0 Å². The Morgan fingerprint density at radius 2 is 1.39 bits per heavy atom. The molecule has 0 bridgehead atoms. The highest BCUT2D eigenvalue weighted by molar-refractivity contribution is 7.89. The summed E-state index contributed by atoms with van der Waals surface area (Å²) in [5, 5.41) is 33.9. The third-order valence-electron chi connectivity index (χ3n) is 6.63. The topological polar surface area (TPSA) is 147 Å². The second-order valence-corrected chi connectivity index (χ2v) is 10.4. The lowest BCUT2D eigenvalue weighted by Gasteiger charge is -2.46. The first-order chi connectivity index (χ1) is 17.2. The summed E-state index contributed by atoms with van der Waals surface area (Å²) >= 11 is 0. The van der Waals surface area contributed by atoms with Gasteiger partial charge in [-0.3, -0.25) is 20.2 Å². The Morgan fingerprint density at radius 1 is 0.861 bits per heavy atom. The highest BCUT2D eigenvalue weighted by Gasteiger charge is 2.58. The van der Waals surface area contributed by atoms with Crippen LogP contribution in [0.5, 0.6) is 0 Å². The number of rotatable bonds is 6. The molecule has 36 heavy (non-hydrogen) atoms. The third kappa shape index (κ3) is 4.32. The molecule has 1 heterocycles. The van der Waals surface area contributed by atoms with Crippen LogP contribution in [0.2, 0.25) is 0 Å². The molecule has 0 spiro atoms. The molecule has 0 unspecified atom stereocenters. The second kappa shape index (κ2) is 9.85. The van der Waals surface area contributed by atoms with Gasteiger partial charge in [-0.2, -0.15) is 9.57 Å². The van der Waals surface area contributed by atoms with Crippen LogP contribution in [0.15, 0.2) is 89.8 Å². The van der Waals surface area contributed by atoms with Crippen LogP contribution in [0.3, 0.4) is 0 Å². The van der Waals surface area contributed by atoms with E-state index < -0.39 is 49.8 Å². The number of benzene rings is 3. The predicted molar refractivity (Wildman–Crippen MR) is 130 cm³/mol. The molecule has 184 valence electrons. The molecule has 0 saturated carbocycles. The van der Waals surface area contributed by atoms with Gasteiger partial charge in [0.15, 0.2) is 0 Å². The van der Waals surface area contributed by atoms with E-state index in [1.54, 1.807) is 67.6 Å². The van der Waals surface area contributed by atoms with Crippen LogP contribution in [0, 0.1) is 37.5 Å². The Kier molecular flexibility index (Phi) is 6.83. The van der Waals surface area contributed by atoms with Gasteiger partial charge < -0.3 is 0 Å². The molecule has 0 amide bonds. The first kappa shape index (κ1) is 25.0. The predicted octanol–water partition coefficient (Wildman–Crippen LogP) is 4.30. The SMILES string of the molecule is C[C@@H]1[C@@H](c2ccccc2)[C@H]([N+](=O)[O-])[C@@H](c2ccccc2)N(S(=O)(=O)c2ccc([N+](=O)[O-])cc2)[C@@H]1C#N. The van der Waals surface area contributed by atoms with E-state index in [1.807, 2.05) is 0 Å². The lowest BCUT2D eigenvalue weighted by molar-refractivity contribution is -0.540. The fraction of sp³-hybridized carbons (Fsp3) is 0.240. The summed E-state index contributed by atoms with van der Waals surface area (Å²) in [7, 11) is -4.48. The van der Waals surface area contributed by atoms with Crippen molar-refractivity contribution >= 4 is 15.7 Å². The molecule has 11 heteroatoms. The minimum absolute atomic E-state index is 0.290. The van der Waals surface area contributed by atoms with Crippen LogP contribution in [0.1, 0.15) is 30.0 Å². The average molecular weight is 507 g/mol. The Balaban J connectivity index is 1.96. The molecule has 0 aliphatic carbocycles. The van der Waals surface area contributed by atoms with Crippen molar-refractivity contribution in [2.45, 2.75) is 35.9 Å². The van der Waals surface area contributed by atoms with E-state index in [-0.39, 0.29) is 10.6 Å². The summed E-state index contributed by atoms with van der Waals surface area (Å²) in [4.78, 5) is 22.3. The van der Waals surface area contributed by atoms with E-state index >= 15 is 0 Å². The Labute approximate surface area is 207 Å². The molecule has 3 aromatic carbocycles. The summed E-state index contributed by atoms with van der Waals surface area (Å²) in [5.41, 5.74) is 0.711. The van der Waals surface area contributed by atoms with Crippen molar-refractivity contribution in [2.24, 2.45) is 5.92 Å². The van der Waals surface area contributed by atoms with Crippen molar-refractivity contribution in [1.82, 2.24) is 4.31 Å². The van der Waals surface area contributed by atoms with Crippen LogP contribution in [0.4, 0.5) is 5.69 Å². The van der Waals surface area contributed by atoms with Gasteiger partial charge in [-0.15, -0.1) is 0 Å². The molecule has 3 aromatic rings. The molecule has 1 saturated heterocycles. The molecule has 4 rings (SSSR count). The van der Waals surface area contributed by atoms with Crippen LogP contribution in [-0.4, -0.2) is 34.7 Å². The van der Waals surface area contributed by atoms with Gasteiger partial charge in [-0.05, 0) is 29.2 Å². The van der Waals surface area contributed by atoms with E-state index in [9.17, 15) is 33.9 Å². The van der Waals surface area contributed by atoms with Gasteiger partial charge in [0.2, 0.25) is 16.1 Å². The molecule has 1 fully saturated rings. The Morgan fingerprint density at radius 3 is 1.86 bits per heavy atom. The molecule has 0 N–H and O–H groups in total. The van der Waals surface area contributed by atoms with Crippen molar-refractivity contribution in [1.29, 1.82) is 5.26 Å². The second-order valence-electron chi connectivity index (χ2n) is 8.59. The molecule has 5 atom stereocenters. The number of hydrogen-bond acceptors (Lipinski definition) is 7. The molecule has 1 aliphatic rings. The largest absolute Gasteiger partial charge is 0.269 e. The van der Waals surface area contributed by atoms with E-state index in [4.69, 9.17) is 0 Å². The van der Waals surface area contributed by atoms with E-state index in [0.717, 1.165) is 28.6 Å². The van der Waals surface area contributed by atoms with Crippen LogP contribution >= 0.6 is 0 Å². The molecule has 1 aliphatic heterocycles. The number of non-ortho nitro benzene ring substituents is 1. The zero-order chi connectivity index (χ0) is 26.0. The highest BCUT2D eigenvalue weighted by atomic mass is 32.2. The van der Waals surface area contributed by atoms with Crippen molar-refractivity contribution in [3.05, 3.63) is 116 Å². The van der Waals surface area contributed by atoms with Gasteiger partial charge in [-0.1, -0.05) is 67.6 Å². The van der Waals surface area contributed by atoms with Gasteiger partial charge in [0.1, 0.15) is 12.1 Å². The van der Waals surface area contributed by atoms with Crippen molar-refractivity contribution in [2.75, 3.05) is 0 Å². The zero-order valence-corrected chi connectivity index (χ0v) is 19.9. The molecular formula is C25H22N4O6S. The quantitative estimate of drug-likeness (QED) is 0.357. The van der Waals surface area contributed by atoms with Crippen molar-refractivity contribution in [3.8, 4) is 6.07 Å². The number of nitrogens with zero attached hydrogens (tertiary/aromatic N) is 4. The van der Waals surface area contributed by atoms with Crippen molar-refractivity contribution < 1.29 is 18.3 Å². The number of sulfonamides is 1. The molecule has 10 nitrogen and oxygen atoms in total.